The molecule has 8 heteroatoms. The van der Waals surface area contributed by atoms with Crippen molar-refractivity contribution in [1.29, 1.82) is 0 Å². The fourth-order valence-electron chi connectivity index (χ4n) is 4.18. The van der Waals surface area contributed by atoms with E-state index in [4.69, 9.17) is 16.3 Å². The smallest absolute Gasteiger partial charge is 0.335 e. The van der Waals surface area contributed by atoms with Crippen LogP contribution in [0.25, 0.3) is 17.0 Å². The lowest BCUT2D eigenvalue weighted by Gasteiger charge is -2.26. The SMILES string of the molecule is Cc1cccc(OCCn2cc(/C=C3/C(=O)NC(=O)N(c4ccc(Cl)cc4)C3=O)c3ccccc32)c1. The Morgan fingerprint density at radius 2 is 1.75 bits per heavy atom. The molecule has 1 aliphatic heterocycles. The standard InChI is InChI=1S/C28H22ClN3O4/c1-18-5-4-6-22(15-18)36-14-13-31-17-19(23-7-2-3-8-25(23)31)16-24-26(33)30-28(35)32(27(24)34)21-11-9-20(29)10-12-21/h2-12,15-17H,13-14H2,1H3,(H,30,33,35)/b24-16-. The molecule has 5 rings (SSSR count). The van der Waals surface area contributed by atoms with Gasteiger partial charge in [-0.15, -0.1) is 0 Å². The van der Waals surface area contributed by atoms with Gasteiger partial charge in [0.15, 0.2) is 0 Å². The van der Waals surface area contributed by atoms with Crippen molar-refractivity contribution >= 4 is 52.1 Å². The Morgan fingerprint density at radius 1 is 0.972 bits per heavy atom. The second kappa shape index (κ2) is 9.71. The van der Waals surface area contributed by atoms with Crippen LogP contribution in [0.4, 0.5) is 10.5 Å². The fourth-order valence-corrected chi connectivity index (χ4v) is 4.31. The Bertz CT molecular complexity index is 1520. The third-order valence-corrected chi connectivity index (χ3v) is 6.15. The van der Waals surface area contributed by atoms with Gasteiger partial charge in [0, 0.05) is 27.7 Å². The van der Waals surface area contributed by atoms with Gasteiger partial charge in [-0.1, -0.05) is 41.9 Å². The summed E-state index contributed by atoms with van der Waals surface area (Å²) in [7, 11) is 0. The van der Waals surface area contributed by atoms with E-state index in [0.29, 0.717) is 29.4 Å². The molecule has 1 aliphatic rings. The summed E-state index contributed by atoms with van der Waals surface area (Å²) in [6, 6.07) is 21.0. The number of barbiturate groups is 1. The van der Waals surface area contributed by atoms with Gasteiger partial charge in [0.25, 0.3) is 11.8 Å². The molecule has 4 amide bonds. The first kappa shape index (κ1) is 23.4. The summed E-state index contributed by atoms with van der Waals surface area (Å²) < 4.78 is 7.93. The van der Waals surface area contributed by atoms with Crippen molar-refractivity contribution in [3.05, 3.63) is 101 Å². The van der Waals surface area contributed by atoms with Crippen molar-refractivity contribution < 1.29 is 19.1 Å². The second-order valence-corrected chi connectivity index (χ2v) is 8.83. The van der Waals surface area contributed by atoms with E-state index < -0.39 is 17.8 Å². The maximum Gasteiger partial charge on any atom is 0.335 e. The molecule has 0 spiro atoms. The van der Waals surface area contributed by atoms with Crippen LogP contribution < -0.4 is 15.0 Å². The monoisotopic (exact) mass is 499 g/mol. The van der Waals surface area contributed by atoms with Gasteiger partial charge < -0.3 is 9.30 Å². The van der Waals surface area contributed by atoms with Gasteiger partial charge in [-0.25, -0.2) is 9.69 Å². The zero-order valence-corrected chi connectivity index (χ0v) is 20.2. The number of imide groups is 2. The molecule has 0 radical (unpaired) electrons. The number of urea groups is 1. The van der Waals surface area contributed by atoms with Crippen LogP contribution in [0.5, 0.6) is 5.75 Å². The molecule has 3 aromatic carbocycles. The van der Waals surface area contributed by atoms with E-state index in [0.717, 1.165) is 27.1 Å². The lowest BCUT2D eigenvalue weighted by molar-refractivity contribution is -0.122. The van der Waals surface area contributed by atoms with E-state index in [1.165, 1.54) is 6.08 Å². The predicted octanol–water partition coefficient (Wildman–Crippen LogP) is 5.35. The van der Waals surface area contributed by atoms with Crippen LogP contribution in [0.1, 0.15) is 11.1 Å². The van der Waals surface area contributed by atoms with Crippen LogP contribution in [0.3, 0.4) is 0 Å². The van der Waals surface area contributed by atoms with Crippen LogP contribution in [0.15, 0.2) is 84.6 Å². The van der Waals surface area contributed by atoms with E-state index in [9.17, 15) is 14.4 Å². The van der Waals surface area contributed by atoms with Crippen molar-refractivity contribution in [2.45, 2.75) is 13.5 Å². The van der Waals surface area contributed by atoms with Crippen LogP contribution >= 0.6 is 11.6 Å². The molecule has 1 fully saturated rings. The number of para-hydroxylation sites is 1. The number of carbonyl (C=O) groups is 3. The van der Waals surface area contributed by atoms with Gasteiger partial charge in [-0.05, 0) is 61.0 Å². The molecule has 1 N–H and O–H groups in total. The fraction of sp³-hybridized carbons (Fsp3) is 0.107. The zero-order valence-electron chi connectivity index (χ0n) is 19.4. The topological polar surface area (TPSA) is 80.6 Å². The predicted molar refractivity (Wildman–Crippen MR) is 139 cm³/mol. The number of nitrogens with one attached hydrogen (secondary N) is 1. The molecule has 36 heavy (non-hydrogen) atoms. The number of rotatable bonds is 6. The van der Waals surface area contributed by atoms with Crippen LogP contribution in [-0.4, -0.2) is 29.0 Å². The van der Waals surface area contributed by atoms with Gasteiger partial charge in [0.05, 0.1) is 12.2 Å². The van der Waals surface area contributed by atoms with Crippen LogP contribution in [0.2, 0.25) is 5.02 Å². The van der Waals surface area contributed by atoms with Gasteiger partial charge in [-0.2, -0.15) is 0 Å². The Labute approximate surface area is 212 Å². The summed E-state index contributed by atoms with van der Waals surface area (Å²) in [4.78, 5) is 39.3. The summed E-state index contributed by atoms with van der Waals surface area (Å²) in [5.74, 6) is -0.647. The van der Waals surface area contributed by atoms with E-state index in [1.54, 1.807) is 24.3 Å². The number of anilines is 1. The van der Waals surface area contributed by atoms with Crippen LogP contribution in [0, 0.1) is 6.92 Å². The highest BCUT2D eigenvalue weighted by molar-refractivity contribution is 6.39. The normalized spacial score (nSPS) is 15.0. The number of halogens is 1. The number of amides is 4. The minimum absolute atomic E-state index is 0.136. The average molecular weight is 500 g/mol. The largest absolute Gasteiger partial charge is 0.492 e. The zero-order chi connectivity index (χ0) is 25.2. The van der Waals surface area contributed by atoms with Gasteiger partial charge in [0.1, 0.15) is 17.9 Å². The number of benzene rings is 3. The Balaban J connectivity index is 1.45. The second-order valence-electron chi connectivity index (χ2n) is 8.39. The molecule has 1 saturated heterocycles. The first-order chi connectivity index (χ1) is 17.4. The molecule has 7 nitrogen and oxygen atoms in total. The number of ether oxygens (including phenoxy) is 1. The highest BCUT2D eigenvalue weighted by Crippen LogP contribution is 2.27. The number of hydrogen-bond acceptors (Lipinski definition) is 4. The van der Waals surface area contributed by atoms with E-state index in [1.807, 2.05) is 66.2 Å². The quantitative estimate of drug-likeness (QED) is 0.286. The molecule has 0 aliphatic carbocycles. The number of fused-ring (bicyclic) bond motifs is 1. The number of aromatic nitrogens is 1. The summed E-state index contributed by atoms with van der Waals surface area (Å²) >= 11 is 5.94. The minimum Gasteiger partial charge on any atom is -0.492 e. The van der Waals surface area contributed by atoms with Gasteiger partial charge in [-0.3, -0.25) is 14.9 Å². The Morgan fingerprint density at radius 3 is 2.53 bits per heavy atom. The van der Waals surface area contributed by atoms with Crippen molar-refractivity contribution in [3.8, 4) is 5.75 Å². The molecule has 0 saturated carbocycles. The molecule has 180 valence electrons. The maximum atomic E-state index is 13.3. The van der Waals surface area contributed by atoms with E-state index in [-0.39, 0.29) is 5.57 Å². The van der Waals surface area contributed by atoms with Gasteiger partial charge in [0.2, 0.25) is 0 Å². The van der Waals surface area contributed by atoms with Gasteiger partial charge >= 0.3 is 6.03 Å². The van der Waals surface area contributed by atoms with E-state index in [2.05, 4.69) is 5.32 Å². The Hall–Kier alpha value is -4.36. The van der Waals surface area contributed by atoms with Crippen LogP contribution in [-0.2, 0) is 16.1 Å². The third-order valence-electron chi connectivity index (χ3n) is 5.90. The number of hydrogen-bond donors (Lipinski definition) is 1. The molecule has 1 aromatic heterocycles. The molecule has 0 atom stereocenters. The molecule has 2 heterocycles. The van der Waals surface area contributed by atoms with Crippen molar-refractivity contribution in [2.75, 3.05) is 11.5 Å². The van der Waals surface area contributed by atoms with Crippen molar-refractivity contribution in [3.63, 3.8) is 0 Å². The summed E-state index contributed by atoms with van der Waals surface area (Å²) in [5, 5.41) is 3.59. The summed E-state index contributed by atoms with van der Waals surface area (Å²) in [6.45, 7) is 3.01. The third kappa shape index (κ3) is 4.61. The lowest BCUT2D eigenvalue weighted by atomic mass is 10.1. The molecule has 4 aromatic rings. The molecular weight excluding hydrogens is 478 g/mol. The van der Waals surface area contributed by atoms with Crippen molar-refractivity contribution in [2.24, 2.45) is 0 Å². The molecular formula is C28H22ClN3O4. The lowest BCUT2D eigenvalue weighted by Crippen LogP contribution is -2.54. The Kier molecular flexibility index (Phi) is 6.31. The van der Waals surface area contributed by atoms with E-state index >= 15 is 0 Å². The number of carbonyl (C=O) groups excluding carboxylic acids is 3. The number of nitrogens with zero attached hydrogens (tertiary/aromatic N) is 2. The van der Waals surface area contributed by atoms with Crippen molar-refractivity contribution in [1.82, 2.24) is 9.88 Å². The first-order valence-corrected chi connectivity index (χ1v) is 11.7. The summed E-state index contributed by atoms with van der Waals surface area (Å²) in [6.07, 6.45) is 3.40. The highest BCUT2D eigenvalue weighted by atomic mass is 35.5. The maximum absolute atomic E-state index is 13.3. The highest BCUT2D eigenvalue weighted by Gasteiger charge is 2.37. The summed E-state index contributed by atoms with van der Waals surface area (Å²) in [5.41, 5.74) is 2.92. The minimum atomic E-state index is -0.805. The molecule has 0 bridgehead atoms. The first-order valence-electron chi connectivity index (χ1n) is 11.3. The average Bonchev–Trinajstić information content (AvgIpc) is 3.20. The number of aryl methyl sites for hydroxylation is 1. The molecule has 0 unspecified atom stereocenters.